The van der Waals surface area contributed by atoms with Crippen molar-refractivity contribution in [3.8, 4) is 61.3 Å². The summed E-state index contributed by atoms with van der Waals surface area (Å²) in [6.45, 7) is 0. The summed E-state index contributed by atoms with van der Waals surface area (Å²) in [7, 11) is 0. The zero-order valence-electron chi connectivity index (χ0n) is 37.3. The van der Waals surface area contributed by atoms with Gasteiger partial charge in [-0.25, -0.2) is 0 Å². The van der Waals surface area contributed by atoms with Crippen LogP contribution in [0.2, 0.25) is 0 Å². The quantitative estimate of drug-likeness (QED) is 0.148. The second kappa shape index (κ2) is 16.0. The van der Waals surface area contributed by atoms with Crippen LogP contribution in [0.1, 0.15) is 36.8 Å². The minimum atomic E-state index is 0.0370. The van der Waals surface area contributed by atoms with Gasteiger partial charge in [0.1, 0.15) is 0 Å². The first kappa shape index (κ1) is 39.2. The number of nitrogens with zero attached hydrogens (tertiary/aromatic N) is 2. The molecule has 67 heavy (non-hydrogen) atoms. The first-order valence-electron chi connectivity index (χ1n) is 23.8. The van der Waals surface area contributed by atoms with Crippen LogP contribution in [0.3, 0.4) is 0 Å². The highest BCUT2D eigenvalue weighted by Crippen LogP contribution is 2.58. The summed E-state index contributed by atoms with van der Waals surface area (Å²) in [4.78, 5) is 2.53. The maximum atomic E-state index is 2.55. The molecule has 1 fully saturated rings. The number of fused-ring (bicyclic) bond motifs is 8. The number of rotatable bonds is 8. The lowest BCUT2D eigenvalue weighted by atomic mass is 9.76. The van der Waals surface area contributed by atoms with Gasteiger partial charge in [0.15, 0.2) is 0 Å². The van der Waals surface area contributed by atoms with Crippen molar-refractivity contribution >= 4 is 38.9 Å². The van der Waals surface area contributed by atoms with Gasteiger partial charge >= 0.3 is 0 Å². The molecule has 0 unspecified atom stereocenters. The van der Waals surface area contributed by atoms with Gasteiger partial charge in [-0.05, 0) is 129 Å². The molecule has 2 aliphatic rings. The monoisotopic (exact) mass is 856 g/mol. The molecule has 2 nitrogen and oxygen atoms in total. The Morgan fingerprint density at radius 3 is 1.67 bits per heavy atom. The largest absolute Gasteiger partial charge is 0.310 e. The van der Waals surface area contributed by atoms with E-state index in [9.17, 15) is 0 Å². The fourth-order valence-corrected chi connectivity index (χ4v) is 11.8. The van der Waals surface area contributed by atoms with E-state index in [1.165, 1.54) is 120 Å². The van der Waals surface area contributed by atoms with Gasteiger partial charge in [0.25, 0.3) is 0 Å². The van der Waals surface area contributed by atoms with Crippen molar-refractivity contribution in [3.63, 3.8) is 0 Å². The molecule has 2 heteroatoms. The Morgan fingerprint density at radius 2 is 0.881 bits per heavy atom. The van der Waals surface area contributed by atoms with E-state index in [-0.39, 0.29) is 5.41 Å². The lowest BCUT2D eigenvalue weighted by Crippen LogP contribution is -2.21. The first-order chi connectivity index (χ1) is 33.2. The van der Waals surface area contributed by atoms with Crippen molar-refractivity contribution in [2.75, 3.05) is 4.90 Å². The van der Waals surface area contributed by atoms with E-state index in [1.807, 2.05) is 0 Å². The molecule has 0 N–H and O–H groups in total. The average molecular weight is 857 g/mol. The molecule has 0 aliphatic heterocycles. The molecule has 2 aliphatic carbocycles. The van der Waals surface area contributed by atoms with Crippen molar-refractivity contribution in [2.45, 2.75) is 31.1 Å². The number of hydrogen-bond acceptors (Lipinski definition) is 1. The van der Waals surface area contributed by atoms with E-state index in [4.69, 9.17) is 0 Å². The lowest BCUT2D eigenvalue weighted by Gasteiger charge is -2.31. The van der Waals surface area contributed by atoms with Gasteiger partial charge in [0.05, 0.1) is 16.7 Å². The molecule has 1 spiro atoms. The third kappa shape index (κ3) is 6.39. The lowest BCUT2D eigenvalue weighted by molar-refractivity contribution is 0.550. The van der Waals surface area contributed by atoms with Crippen LogP contribution in [0.15, 0.2) is 243 Å². The van der Waals surface area contributed by atoms with Crippen molar-refractivity contribution in [2.24, 2.45) is 0 Å². The van der Waals surface area contributed by atoms with Gasteiger partial charge in [-0.2, -0.15) is 0 Å². The third-order valence-electron chi connectivity index (χ3n) is 14.8. The summed E-state index contributed by atoms with van der Waals surface area (Å²) in [6.07, 6.45) is 4.87. The van der Waals surface area contributed by atoms with E-state index in [1.54, 1.807) is 0 Å². The molecule has 13 rings (SSSR count). The van der Waals surface area contributed by atoms with Gasteiger partial charge in [-0.1, -0.05) is 201 Å². The Hall–Kier alpha value is -8.20. The van der Waals surface area contributed by atoms with Crippen molar-refractivity contribution in [1.82, 2.24) is 4.57 Å². The van der Waals surface area contributed by atoms with Crippen LogP contribution in [0, 0.1) is 0 Å². The van der Waals surface area contributed by atoms with Crippen LogP contribution < -0.4 is 4.90 Å². The molecule has 1 aromatic heterocycles. The average Bonchev–Trinajstić information content (AvgIpc) is 4.11. The predicted molar refractivity (Wildman–Crippen MR) is 282 cm³/mol. The van der Waals surface area contributed by atoms with Crippen LogP contribution >= 0.6 is 0 Å². The molecular weight excluding hydrogens is 809 g/mol. The number of benzene rings is 10. The topological polar surface area (TPSA) is 8.17 Å². The Bertz CT molecular complexity index is 3650. The van der Waals surface area contributed by atoms with Crippen molar-refractivity contribution in [1.29, 1.82) is 0 Å². The zero-order chi connectivity index (χ0) is 44.3. The fourth-order valence-electron chi connectivity index (χ4n) is 11.8. The number of hydrogen-bond donors (Lipinski definition) is 0. The van der Waals surface area contributed by atoms with Gasteiger partial charge < -0.3 is 9.47 Å². The number of para-hydroxylation sites is 3. The summed E-state index contributed by atoms with van der Waals surface area (Å²) >= 11 is 0. The van der Waals surface area contributed by atoms with Crippen LogP contribution in [-0.4, -0.2) is 4.57 Å². The molecule has 0 atom stereocenters. The highest BCUT2D eigenvalue weighted by atomic mass is 15.1. The van der Waals surface area contributed by atoms with Crippen LogP contribution in [0.5, 0.6) is 0 Å². The van der Waals surface area contributed by atoms with Gasteiger partial charge in [0.2, 0.25) is 0 Å². The predicted octanol–water partition coefficient (Wildman–Crippen LogP) is 17.8. The zero-order valence-corrected chi connectivity index (χ0v) is 37.3. The summed E-state index contributed by atoms with van der Waals surface area (Å²) < 4.78 is 2.41. The second-order valence-corrected chi connectivity index (χ2v) is 18.3. The van der Waals surface area contributed by atoms with E-state index in [0.29, 0.717) is 0 Å². The molecule has 0 bridgehead atoms. The Balaban J connectivity index is 1.02. The smallest absolute Gasteiger partial charge is 0.0547 e. The van der Waals surface area contributed by atoms with Crippen molar-refractivity contribution in [3.05, 3.63) is 254 Å². The highest BCUT2D eigenvalue weighted by Gasteiger charge is 2.45. The molecule has 0 amide bonds. The van der Waals surface area contributed by atoms with Gasteiger partial charge in [-0.3, -0.25) is 0 Å². The van der Waals surface area contributed by atoms with E-state index >= 15 is 0 Å². The molecule has 11 aromatic rings. The maximum absolute atomic E-state index is 2.55. The normalized spacial score (nSPS) is 13.6. The summed E-state index contributed by atoms with van der Waals surface area (Å²) in [6, 6.07) is 89.9. The summed E-state index contributed by atoms with van der Waals surface area (Å²) in [5, 5.41) is 2.51. The molecule has 1 saturated carbocycles. The van der Waals surface area contributed by atoms with Crippen LogP contribution in [0.25, 0.3) is 83.1 Å². The molecule has 10 aromatic carbocycles. The maximum Gasteiger partial charge on any atom is 0.0547 e. The fraction of sp³-hybridized carbons (Fsp3) is 0.0769. The Kier molecular flexibility index (Phi) is 9.39. The third-order valence-corrected chi connectivity index (χ3v) is 14.8. The molecule has 0 radical (unpaired) electrons. The minimum Gasteiger partial charge on any atom is -0.310 e. The highest BCUT2D eigenvalue weighted by molar-refractivity contribution is 6.10. The molecule has 1 heterocycles. The number of anilines is 3. The van der Waals surface area contributed by atoms with E-state index in [0.717, 1.165) is 17.1 Å². The Morgan fingerprint density at radius 1 is 0.328 bits per heavy atom. The van der Waals surface area contributed by atoms with Gasteiger partial charge in [-0.15, -0.1) is 0 Å². The molecular formula is C65H48N2. The van der Waals surface area contributed by atoms with Gasteiger partial charge in [0, 0.05) is 38.8 Å². The van der Waals surface area contributed by atoms with E-state index < -0.39 is 0 Å². The minimum absolute atomic E-state index is 0.0370. The first-order valence-corrected chi connectivity index (χ1v) is 23.8. The SMILES string of the molecule is c1ccc(-c2ccccc2-c2ccccc2-c2ccccc2N(c2cccc(-c3ccc4c5ccccc5n(-c5ccccc5)c4c3)c2)c2ccc3c(c2)C2(CCCC2)c2ccccc2-3)cc1. The number of aromatic nitrogens is 1. The van der Waals surface area contributed by atoms with Crippen LogP contribution in [-0.2, 0) is 5.41 Å². The van der Waals surface area contributed by atoms with E-state index in [2.05, 4.69) is 252 Å². The standard InChI is InChI=1S/C65H48N2/c1-3-20-45(21-4-1)51-26-7-8-27-52(51)53-28-9-10-29-54(53)57-31-12-15-34-62(57)66(50-37-39-56-55-30-11-14-33-60(55)65(61(56)44-50)40-17-18-41-65)49-25-19-22-46(42-49)47-36-38-59-58-32-13-16-35-63(58)67(64(59)43-47)48-23-5-2-6-24-48/h1-16,19-39,42-44H,17-18,40-41H2. The molecule has 0 saturated heterocycles. The second-order valence-electron chi connectivity index (χ2n) is 18.3. The van der Waals surface area contributed by atoms with Crippen LogP contribution in [0.4, 0.5) is 17.1 Å². The summed E-state index contributed by atoms with van der Waals surface area (Å²) in [5.74, 6) is 0. The summed E-state index contributed by atoms with van der Waals surface area (Å²) in [5.41, 5.74) is 22.4. The molecule has 318 valence electrons. The van der Waals surface area contributed by atoms with Crippen molar-refractivity contribution < 1.29 is 0 Å². The Labute approximate surface area is 392 Å².